The molecule has 88 valence electrons. The van der Waals surface area contributed by atoms with Gasteiger partial charge in [0.2, 0.25) is 0 Å². The van der Waals surface area contributed by atoms with E-state index in [1.165, 1.54) is 24.5 Å². The quantitative estimate of drug-likeness (QED) is 0.784. The molecule has 0 aliphatic heterocycles. The Labute approximate surface area is 97.2 Å². The molecule has 0 bridgehead atoms. The van der Waals surface area contributed by atoms with Crippen LogP contribution in [0.15, 0.2) is 34.9 Å². The topological polar surface area (TPSA) is 68.3 Å². The summed E-state index contributed by atoms with van der Waals surface area (Å²) in [5.41, 5.74) is 6.53. The maximum atomic E-state index is 13.0. The van der Waals surface area contributed by atoms with Crippen molar-refractivity contribution in [1.82, 2.24) is 0 Å². The predicted octanol–water partition coefficient (Wildman–Crippen LogP) is 2.56. The van der Waals surface area contributed by atoms with E-state index in [-0.39, 0.29) is 11.6 Å². The van der Waals surface area contributed by atoms with Crippen LogP contribution in [0.1, 0.15) is 16.1 Å². The zero-order chi connectivity index (χ0) is 12.4. The Balaban J connectivity index is 2.21. The van der Waals surface area contributed by atoms with Crippen molar-refractivity contribution in [3.8, 4) is 0 Å². The van der Waals surface area contributed by atoms with E-state index in [4.69, 9.17) is 10.2 Å². The van der Waals surface area contributed by atoms with Gasteiger partial charge < -0.3 is 15.5 Å². The lowest BCUT2D eigenvalue weighted by Gasteiger charge is -2.06. The van der Waals surface area contributed by atoms with E-state index in [9.17, 15) is 9.18 Å². The van der Waals surface area contributed by atoms with Crippen LogP contribution in [0.3, 0.4) is 0 Å². The number of hydrogen-bond donors (Lipinski definition) is 2. The predicted molar refractivity (Wildman–Crippen MR) is 62.2 cm³/mol. The normalized spacial score (nSPS) is 10.2. The van der Waals surface area contributed by atoms with Gasteiger partial charge in [0.1, 0.15) is 17.8 Å². The molecule has 5 heteroatoms. The highest BCUT2D eigenvalue weighted by atomic mass is 19.1. The van der Waals surface area contributed by atoms with Crippen molar-refractivity contribution in [2.75, 3.05) is 11.1 Å². The van der Waals surface area contributed by atoms with Crippen LogP contribution < -0.4 is 11.1 Å². The number of furan rings is 1. The third-order valence-corrected chi connectivity index (χ3v) is 2.26. The Hall–Kier alpha value is -2.30. The monoisotopic (exact) mass is 234 g/mol. The van der Waals surface area contributed by atoms with Gasteiger partial charge in [0, 0.05) is 0 Å². The summed E-state index contributed by atoms with van der Waals surface area (Å²) in [5.74, 6) is -0.223. The summed E-state index contributed by atoms with van der Waals surface area (Å²) in [6, 6.07) is 5.38. The second-order valence-electron chi connectivity index (χ2n) is 3.63. The highest BCUT2D eigenvalue weighted by Gasteiger charge is 2.10. The van der Waals surface area contributed by atoms with Gasteiger partial charge in [0.15, 0.2) is 0 Å². The van der Waals surface area contributed by atoms with E-state index in [0.717, 1.165) is 0 Å². The summed E-state index contributed by atoms with van der Waals surface area (Å²) in [5, 5.41) is 2.52. The van der Waals surface area contributed by atoms with Crippen molar-refractivity contribution >= 4 is 17.3 Å². The molecule has 1 aromatic heterocycles. The summed E-state index contributed by atoms with van der Waals surface area (Å²) < 4.78 is 18.0. The first-order valence-electron chi connectivity index (χ1n) is 4.98. The number of nitrogen functional groups attached to an aromatic ring is 1. The molecule has 2 rings (SSSR count). The first-order chi connectivity index (χ1) is 8.06. The van der Waals surface area contributed by atoms with Gasteiger partial charge in [0.05, 0.1) is 16.9 Å². The Morgan fingerprint density at radius 3 is 2.82 bits per heavy atom. The fourth-order valence-electron chi connectivity index (χ4n) is 1.39. The largest absolute Gasteiger partial charge is 0.469 e. The molecule has 0 aliphatic rings. The van der Waals surface area contributed by atoms with Crippen molar-refractivity contribution < 1.29 is 13.6 Å². The molecule has 4 nitrogen and oxygen atoms in total. The summed E-state index contributed by atoms with van der Waals surface area (Å²) in [7, 11) is 0. The van der Waals surface area contributed by atoms with Gasteiger partial charge >= 0.3 is 0 Å². The second kappa shape index (κ2) is 4.29. The molecule has 2 aromatic rings. The maximum Gasteiger partial charge on any atom is 0.258 e. The molecule has 1 aromatic carbocycles. The molecule has 17 heavy (non-hydrogen) atoms. The van der Waals surface area contributed by atoms with Crippen LogP contribution in [-0.4, -0.2) is 5.91 Å². The molecule has 0 atom stereocenters. The Morgan fingerprint density at radius 2 is 2.18 bits per heavy atom. The fourth-order valence-corrected chi connectivity index (χ4v) is 1.39. The number of anilines is 2. The van der Waals surface area contributed by atoms with Gasteiger partial charge in [-0.05, 0) is 31.2 Å². The molecular weight excluding hydrogens is 223 g/mol. The first-order valence-corrected chi connectivity index (χ1v) is 4.98. The summed E-state index contributed by atoms with van der Waals surface area (Å²) in [6.45, 7) is 1.73. The standard InChI is InChI=1S/C12H11FN2O2/c1-7-4-8(6-17-7)12(16)15-11-5-9(13)2-3-10(11)14/h2-6H,14H2,1H3,(H,15,16). The van der Waals surface area contributed by atoms with Crippen LogP contribution in [0.25, 0.3) is 0 Å². The van der Waals surface area contributed by atoms with Gasteiger partial charge in [-0.2, -0.15) is 0 Å². The van der Waals surface area contributed by atoms with Gasteiger partial charge in [-0.15, -0.1) is 0 Å². The number of aryl methyl sites for hydroxylation is 1. The number of hydrogen-bond acceptors (Lipinski definition) is 3. The van der Waals surface area contributed by atoms with E-state index in [2.05, 4.69) is 5.32 Å². The van der Waals surface area contributed by atoms with Gasteiger partial charge in [0.25, 0.3) is 5.91 Å². The third kappa shape index (κ3) is 2.44. The number of amides is 1. The van der Waals surface area contributed by atoms with Crippen molar-refractivity contribution in [2.45, 2.75) is 6.92 Å². The first kappa shape index (κ1) is 11.2. The van der Waals surface area contributed by atoms with Crippen LogP contribution in [0, 0.1) is 12.7 Å². The Bertz CT molecular complexity index is 563. The van der Waals surface area contributed by atoms with E-state index in [1.54, 1.807) is 13.0 Å². The molecule has 3 N–H and O–H groups in total. The number of rotatable bonds is 2. The maximum absolute atomic E-state index is 13.0. The number of nitrogens with one attached hydrogen (secondary N) is 1. The molecule has 0 radical (unpaired) electrons. The highest BCUT2D eigenvalue weighted by molar-refractivity contribution is 6.05. The minimum atomic E-state index is -0.460. The molecular formula is C12H11FN2O2. The lowest BCUT2D eigenvalue weighted by Crippen LogP contribution is -2.12. The SMILES string of the molecule is Cc1cc(C(=O)Nc2cc(F)ccc2N)co1. The zero-order valence-electron chi connectivity index (χ0n) is 9.16. The van der Waals surface area contributed by atoms with Crippen LogP contribution in [0.2, 0.25) is 0 Å². The summed E-state index contributed by atoms with van der Waals surface area (Å²) >= 11 is 0. The molecule has 0 saturated heterocycles. The molecule has 0 unspecified atom stereocenters. The minimum Gasteiger partial charge on any atom is -0.469 e. The number of benzene rings is 1. The third-order valence-electron chi connectivity index (χ3n) is 2.26. The minimum absolute atomic E-state index is 0.244. The lowest BCUT2D eigenvalue weighted by molar-refractivity contribution is 0.102. The van der Waals surface area contributed by atoms with Gasteiger partial charge in [-0.3, -0.25) is 4.79 Å². The Morgan fingerprint density at radius 1 is 1.41 bits per heavy atom. The van der Waals surface area contributed by atoms with E-state index in [0.29, 0.717) is 17.0 Å². The van der Waals surface area contributed by atoms with Crippen LogP contribution in [0.4, 0.5) is 15.8 Å². The van der Waals surface area contributed by atoms with Crippen molar-refractivity contribution in [1.29, 1.82) is 0 Å². The molecule has 0 spiro atoms. The number of carbonyl (C=O) groups excluding carboxylic acids is 1. The fraction of sp³-hybridized carbons (Fsp3) is 0.0833. The van der Waals surface area contributed by atoms with E-state index >= 15 is 0 Å². The number of halogens is 1. The van der Waals surface area contributed by atoms with Gasteiger partial charge in [-0.25, -0.2) is 4.39 Å². The van der Waals surface area contributed by atoms with Crippen LogP contribution in [-0.2, 0) is 0 Å². The number of nitrogens with two attached hydrogens (primary N) is 1. The van der Waals surface area contributed by atoms with E-state index in [1.807, 2.05) is 0 Å². The van der Waals surface area contributed by atoms with Crippen LogP contribution in [0.5, 0.6) is 0 Å². The van der Waals surface area contributed by atoms with Crippen LogP contribution >= 0.6 is 0 Å². The smallest absolute Gasteiger partial charge is 0.258 e. The van der Waals surface area contributed by atoms with Gasteiger partial charge in [-0.1, -0.05) is 0 Å². The van der Waals surface area contributed by atoms with Crippen molar-refractivity contribution in [3.63, 3.8) is 0 Å². The summed E-state index contributed by atoms with van der Waals surface area (Å²) in [4.78, 5) is 11.7. The average Bonchev–Trinajstić information content (AvgIpc) is 2.70. The molecule has 1 heterocycles. The second-order valence-corrected chi connectivity index (χ2v) is 3.63. The molecule has 0 aliphatic carbocycles. The highest BCUT2D eigenvalue weighted by Crippen LogP contribution is 2.20. The number of carbonyl (C=O) groups is 1. The average molecular weight is 234 g/mol. The zero-order valence-corrected chi connectivity index (χ0v) is 9.16. The van der Waals surface area contributed by atoms with Crippen molar-refractivity contribution in [2.24, 2.45) is 0 Å². The van der Waals surface area contributed by atoms with Crippen molar-refractivity contribution in [3.05, 3.63) is 47.7 Å². The molecule has 1 amide bonds. The molecule has 0 fully saturated rings. The lowest BCUT2D eigenvalue weighted by atomic mass is 10.2. The Kier molecular flexibility index (Phi) is 2.82. The molecule has 0 saturated carbocycles. The van der Waals surface area contributed by atoms with E-state index < -0.39 is 5.82 Å². The summed E-state index contributed by atoms with van der Waals surface area (Å²) in [6.07, 6.45) is 1.33.